The van der Waals surface area contributed by atoms with Crippen molar-refractivity contribution >= 4 is 31.4 Å². The lowest BCUT2D eigenvalue weighted by atomic mass is 10.2. The molecule has 14 heavy (non-hydrogen) atoms. The summed E-state index contributed by atoms with van der Waals surface area (Å²) in [6.07, 6.45) is 0. The van der Waals surface area contributed by atoms with Gasteiger partial charge in [0.1, 0.15) is 0 Å². The Morgan fingerprint density at radius 1 is 0.286 bits per heavy atom. The predicted octanol–water partition coefficient (Wildman–Crippen LogP) is 3.89. The summed E-state index contributed by atoms with van der Waals surface area (Å²) in [4.78, 5) is 0. The van der Waals surface area contributed by atoms with E-state index in [4.69, 9.17) is 0 Å². The highest BCUT2D eigenvalue weighted by molar-refractivity contribution is 6.06. The van der Waals surface area contributed by atoms with Crippen molar-refractivity contribution < 1.29 is 0 Å². The molecule has 0 atom stereocenters. The van der Waals surface area contributed by atoms with Crippen LogP contribution in [0.25, 0.3) is 0 Å². The molecule has 4 heteroatoms. The van der Waals surface area contributed by atoms with E-state index in [1.807, 2.05) is 41.5 Å². The molecule has 0 aliphatic rings. The molecule has 0 aliphatic heterocycles. The second-order valence-electron chi connectivity index (χ2n) is 0. The monoisotopic (exact) mass is 194 g/mol. The van der Waals surface area contributed by atoms with Gasteiger partial charge in [0, 0.05) is 0 Å². The fourth-order valence-corrected chi connectivity index (χ4v) is 0. The van der Waals surface area contributed by atoms with Gasteiger partial charge in [-0.2, -0.15) is 0 Å². The van der Waals surface area contributed by atoms with E-state index in [0.717, 1.165) is 0 Å². The van der Waals surface area contributed by atoms with E-state index in [9.17, 15) is 0 Å². The van der Waals surface area contributed by atoms with Crippen LogP contribution < -0.4 is 0 Å². The van der Waals surface area contributed by atoms with E-state index >= 15 is 0 Å². The lowest BCUT2D eigenvalue weighted by Crippen LogP contribution is -1.13. The van der Waals surface area contributed by atoms with Gasteiger partial charge >= 0.3 is 0 Å². The minimum atomic E-state index is 1.50. The predicted molar refractivity (Wildman–Crippen MR) is 80.5 cm³/mol. The van der Waals surface area contributed by atoms with Crippen molar-refractivity contribution in [1.29, 1.82) is 0 Å². The molecule has 0 aromatic carbocycles. The van der Waals surface area contributed by atoms with Gasteiger partial charge in [0.2, 0.25) is 0 Å². The Hall–Kier alpha value is 0.260. The van der Waals surface area contributed by atoms with Crippen LogP contribution in [-0.2, 0) is 0 Å². The van der Waals surface area contributed by atoms with Crippen molar-refractivity contribution in [3.63, 3.8) is 0 Å². The highest BCUT2D eigenvalue weighted by Gasteiger charge is 0.990. The van der Waals surface area contributed by atoms with E-state index < -0.39 is 0 Å². The van der Waals surface area contributed by atoms with Gasteiger partial charge in [0.05, 0.1) is 31.4 Å². The minimum Gasteiger partial charge on any atom is -0.0999 e. The number of rotatable bonds is 0. The average Bonchev–Trinajstić information content (AvgIpc) is 2.45. The van der Waals surface area contributed by atoms with Gasteiger partial charge in [-0.1, -0.05) is 68.8 Å². The molecule has 0 bridgehead atoms. The minimum absolute atomic E-state index is 1.50. The zero-order valence-electron chi connectivity index (χ0n) is 12.3. The van der Waals surface area contributed by atoms with Crippen LogP contribution in [0.1, 0.15) is 41.5 Å². The second kappa shape index (κ2) is 29500. The van der Waals surface area contributed by atoms with Crippen LogP contribution in [0.5, 0.6) is 0 Å². The van der Waals surface area contributed by atoms with Gasteiger partial charge in [0.25, 0.3) is 0 Å². The summed E-state index contributed by atoms with van der Waals surface area (Å²) in [6, 6.07) is 0. The third-order valence-electron chi connectivity index (χ3n) is 0. The maximum Gasteiger partial charge on any atom is 0.0606 e. The molecule has 0 aromatic rings. The second-order valence-corrected chi connectivity index (χ2v) is 0. The molecule has 0 amide bonds. The molecular formula is C10H30B4. The summed E-state index contributed by atoms with van der Waals surface area (Å²) >= 11 is 0. The van der Waals surface area contributed by atoms with Crippen molar-refractivity contribution in [3.05, 3.63) is 0 Å². The van der Waals surface area contributed by atoms with E-state index in [1.165, 1.54) is 27.3 Å². The standard InChI is InChI=1S/3C2H6.4CH3B/c7*1-2/h3*1-2H3;4*1H3. The average molecular weight is 194 g/mol. The normalized spacial score (nSPS) is 2.71. The van der Waals surface area contributed by atoms with Gasteiger partial charge in [-0.05, 0) is 0 Å². The van der Waals surface area contributed by atoms with Crippen LogP contribution >= 0.6 is 0 Å². The maximum absolute atomic E-state index is 4.50. The summed E-state index contributed by atoms with van der Waals surface area (Å²) in [5.41, 5.74) is 0. The topological polar surface area (TPSA) is 0 Å². The number of hydrogen-bond donors (Lipinski definition) is 0. The highest BCUT2D eigenvalue weighted by Crippen LogP contribution is 1.15. The molecule has 0 aromatic heterocycles. The largest absolute Gasteiger partial charge is 0.0999 e. The number of hydrogen-bond acceptors (Lipinski definition) is 0. The fraction of sp³-hybridized carbons (Fsp3) is 1.00. The zero-order valence-corrected chi connectivity index (χ0v) is 12.3. The molecule has 0 aliphatic carbocycles. The molecule has 0 rings (SSSR count). The smallest absolute Gasteiger partial charge is 0.0606 e. The van der Waals surface area contributed by atoms with Gasteiger partial charge in [-0.3, -0.25) is 0 Å². The molecule has 0 nitrogen and oxygen atoms in total. The lowest BCUT2D eigenvalue weighted by Gasteiger charge is -1.07. The maximum atomic E-state index is 4.50. The quantitative estimate of drug-likeness (QED) is 0.512. The first-order valence-electron chi connectivity index (χ1n) is 5.31. The van der Waals surface area contributed by atoms with Crippen LogP contribution in [0.3, 0.4) is 0 Å². The first-order valence-corrected chi connectivity index (χ1v) is 5.31. The Bertz CT molecular complexity index is 12.1. The van der Waals surface area contributed by atoms with Crippen LogP contribution in [0, 0.1) is 0 Å². The van der Waals surface area contributed by atoms with Gasteiger partial charge in [0.15, 0.2) is 0 Å². The van der Waals surface area contributed by atoms with Gasteiger partial charge < -0.3 is 0 Å². The lowest BCUT2D eigenvalue weighted by molar-refractivity contribution is 1.50. The summed E-state index contributed by atoms with van der Waals surface area (Å²) in [5, 5.41) is 0. The first kappa shape index (κ1) is 47.6. The Labute approximate surface area is 101 Å². The summed E-state index contributed by atoms with van der Waals surface area (Å²) in [5.74, 6) is 0. The molecule has 0 saturated carbocycles. The third-order valence-corrected chi connectivity index (χ3v) is 0. The summed E-state index contributed by atoms with van der Waals surface area (Å²) in [6.45, 7) is 18.0. The van der Waals surface area contributed by atoms with E-state index in [-0.39, 0.29) is 0 Å². The van der Waals surface area contributed by atoms with Gasteiger partial charge in [-0.15, -0.1) is 0 Å². The van der Waals surface area contributed by atoms with Crippen molar-refractivity contribution in [2.45, 2.75) is 68.8 Å². The van der Waals surface area contributed by atoms with Gasteiger partial charge in [-0.25, -0.2) is 0 Å². The highest BCUT2D eigenvalue weighted by atomic mass is 13.0. The van der Waals surface area contributed by atoms with Crippen LogP contribution in [0.15, 0.2) is 0 Å². The molecule has 0 unspecified atom stereocenters. The van der Waals surface area contributed by atoms with E-state index in [1.54, 1.807) is 0 Å². The van der Waals surface area contributed by atoms with Crippen molar-refractivity contribution in [1.82, 2.24) is 0 Å². The molecule has 0 spiro atoms. The van der Waals surface area contributed by atoms with Crippen LogP contribution in [0.4, 0.5) is 0 Å². The Morgan fingerprint density at radius 3 is 0.286 bits per heavy atom. The fourth-order valence-electron chi connectivity index (χ4n) is 0. The molecule has 0 saturated heterocycles. The molecule has 8 radical (unpaired) electrons. The summed E-state index contributed by atoms with van der Waals surface area (Å²) in [7, 11) is 18.0. The van der Waals surface area contributed by atoms with Crippen molar-refractivity contribution in [2.24, 2.45) is 0 Å². The van der Waals surface area contributed by atoms with Crippen molar-refractivity contribution in [2.75, 3.05) is 0 Å². The Balaban J connectivity index is -0.00000000817. The molecule has 0 heterocycles. The SMILES string of the molecule is CC.CC.CC.[B]C.[B]C.[B]C.[B]C. The Morgan fingerprint density at radius 2 is 0.286 bits per heavy atom. The molecule has 82 valence electrons. The molecular weight excluding hydrogens is 163 g/mol. The Kier molecular flexibility index (Phi) is 100000. The molecule has 0 N–H and O–H groups in total. The first-order chi connectivity index (χ1) is 7.00. The van der Waals surface area contributed by atoms with Crippen molar-refractivity contribution in [3.8, 4) is 0 Å². The van der Waals surface area contributed by atoms with E-state index in [0.29, 0.717) is 0 Å². The van der Waals surface area contributed by atoms with Crippen LogP contribution in [-0.4, -0.2) is 31.4 Å². The molecule has 0 fully saturated rings. The van der Waals surface area contributed by atoms with Crippen LogP contribution in [0.2, 0.25) is 27.3 Å². The summed E-state index contributed by atoms with van der Waals surface area (Å²) < 4.78 is 0. The third kappa shape index (κ3) is 23000. The zero-order chi connectivity index (χ0) is 14.0. The van der Waals surface area contributed by atoms with E-state index in [2.05, 4.69) is 31.4 Å².